The third-order valence-electron chi connectivity index (χ3n) is 2.95. The van der Waals surface area contributed by atoms with Crippen molar-refractivity contribution in [2.24, 2.45) is 5.41 Å². The molecule has 0 spiro atoms. The lowest BCUT2D eigenvalue weighted by molar-refractivity contribution is 0.360. The van der Waals surface area contributed by atoms with E-state index in [4.69, 9.17) is 11.6 Å². The van der Waals surface area contributed by atoms with Gasteiger partial charge in [0, 0.05) is 0 Å². The molecule has 2 rings (SSSR count). The molecule has 1 aliphatic rings. The van der Waals surface area contributed by atoms with Crippen molar-refractivity contribution in [1.82, 2.24) is 4.98 Å². The molecule has 0 fully saturated rings. The van der Waals surface area contributed by atoms with Gasteiger partial charge in [-0.3, -0.25) is 0 Å². The number of aromatic nitrogens is 1. The Kier molecular flexibility index (Phi) is 2.59. The molecule has 0 unspecified atom stereocenters. The summed E-state index contributed by atoms with van der Waals surface area (Å²) in [7, 11) is 0. The van der Waals surface area contributed by atoms with E-state index in [1.165, 1.54) is 11.1 Å². The van der Waals surface area contributed by atoms with Gasteiger partial charge in [0.25, 0.3) is 0 Å². The van der Waals surface area contributed by atoms with E-state index in [0.717, 1.165) is 18.5 Å². The summed E-state index contributed by atoms with van der Waals surface area (Å²) in [5.74, 6) is 0. The molecule has 80 valence electrons. The topological polar surface area (TPSA) is 12.9 Å². The van der Waals surface area contributed by atoms with Gasteiger partial charge in [0.15, 0.2) is 0 Å². The lowest BCUT2D eigenvalue weighted by Crippen LogP contribution is -2.22. The zero-order valence-electron chi connectivity index (χ0n) is 9.47. The molecule has 0 saturated heterocycles. The maximum absolute atomic E-state index is 5.93. The molecule has 15 heavy (non-hydrogen) atoms. The molecule has 1 aromatic heterocycles. The van der Waals surface area contributed by atoms with E-state index in [9.17, 15) is 0 Å². The van der Waals surface area contributed by atoms with Crippen LogP contribution < -0.4 is 0 Å². The van der Waals surface area contributed by atoms with Crippen LogP contribution >= 0.6 is 11.6 Å². The van der Waals surface area contributed by atoms with Crippen LogP contribution in [0.15, 0.2) is 18.2 Å². The van der Waals surface area contributed by atoms with E-state index >= 15 is 0 Å². The lowest BCUT2D eigenvalue weighted by Gasteiger charge is -2.32. The van der Waals surface area contributed by atoms with Crippen LogP contribution in [0.3, 0.4) is 0 Å². The summed E-state index contributed by atoms with van der Waals surface area (Å²) < 4.78 is 0. The molecular weight excluding hydrogens is 206 g/mol. The Labute approximate surface area is 96.2 Å². The van der Waals surface area contributed by atoms with Crippen LogP contribution in [-0.4, -0.2) is 4.98 Å². The minimum absolute atomic E-state index is 0.298. The second-order valence-electron chi connectivity index (χ2n) is 4.96. The van der Waals surface area contributed by atoms with Gasteiger partial charge in [-0.1, -0.05) is 31.5 Å². The Morgan fingerprint density at radius 1 is 1.33 bits per heavy atom. The molecule has 0 aliphatic heterocycles. The van der Waals surface area contributed by atoms with Crippen LogP contribution in [0.4, 0.5) is 0 Å². The summed E-state index contributed by atoms with van der Waals surface area (Å²) in [6, 6.07) is 3.97. The van der Waals surface area contributed by atoms with E-state index in [1.807, 2.05) is 6.07 Å². The van der Waals surface area contributed by atoms with Crippen molar-refractivity contribution in [3.8, 4) is 0 Å². The first-order valence-corrected chi connectivity index (χ1v) is 5.71. The summed E-state index contributed by atoms with van der Waals surface area (Å²) in [5.41, 5.74) is 4.12. The monoisotopic (exact) mass is 221 g/mol. The van der Waals surface area contributed by atoms with Gasteiger partial charge >= 0.3 is 0 Å². The van der Waals surface area contributed by atoms with Gasteiger partial charge in [-0.2, -0.15) is 0 Å². The maximum Gasteiger partial charge on any atom is 0.129 e. The van der Waals surface area contributed by atoms with Crippen molar-refractivity contribution in [2.45, 2.75) is 33.6 Å². The molecule has 1 aromatic rings. The second-order valence-corrected chi connectivity index (χ2v) is 5.35. The zero-order chi connectivity index (χ0) is 11.1. The van der Waals surface area contributed by atoms with Crippen molar-refractivity contribution >= 4 is 17.2 Å². The fourth-order valence-electron chi connectivity index (χ4n) is 2.29. The number of pyridine rings is 1. The standard InChI is InChI=1S/C13H16ClN/c1-4-9-7-13(2,3)8-11-10(9)5-6-12(14)15-11/h4-6H,7-8H2,1-3H3/b9-4+. The van der Waals surface area contributed by atoms with Gasteiger partial charge in [-0.15, -0.1) is 0 Å². The van der Waals surface area contributed by atoms with Crippen molar-refractivity contribution in [3.05, 3.63) is 34.6 Å². The van der Waals surface area contributed by atoms with Gasteiger partial charge in [-0.05, 0) is 48.4 Å². The molecular formula is C13H16ClN. The van der Waals surface area contributed by atoms with Crippen molar-refractivity contribution in [1.29, 1.82) is 0 Å². The Morgan fingerprint density at radius 3 is 2.73 bits per heavy atom. The number of nitrogens with zero attached hydrogens (tertiary/aromatic N) is 1. The van der Waals surface area contributed by atoms with Crippen molar-refractivity contribution in [3.63, 3.8) is 0 Å². The highest BCUT2D eigenvalue weighted by Gasteiger charge is 2.28. The molecule has 0 saturated carbocycles. The smallest absolute Gasteiger partial charge is 0.129 e. The third-order valence-corrected chi connectivity index (χ3v) is 3.16. The summed E-state index contributed by atoms with van der Waals surface area (Å²) in [6.45, 7) is 6.65. The average Bonchev–Trinajstić information content (AvgIpc) is 2.14. The number of rotatable bonds is 0. The van der Waals surface area contributed by atoms with E-state index in [0.29, 0.717) is 10.6 Å². The van der Waals surface area contributed by atoms with Gasteiger partial charge in [0.2, 0.25) is 0 Å². The second kappa shape index (κ2) is 3.64. The average molecular weight is 222 g/mol. The van der Waals surface area contributed by atoms with Crippen LogP contribution in [0.1, 0.15) is 38.4 Å². The molecule has 1 nitrogen and oxygen atoms in total. The summed E-state index contributed by atoms with van der Waals surface area (Å²) in [5, 5.41) is 0.599. The summed E-state index contributed by atoms with van der Waals surface area (Å²) in [6.07, 6.45) is 4.33. The fourth-order valence-corrected chi connectivity index (χ4v) is 2.45. The normalized spacial score (nSPS) is 21.5. The molecule has 1 heterocycles. The molecule has 0 N–H and O–H groups in total. The highest BCUT2D eigenvalue weighted by molar-refractivity contribution is 6.29. The van der Waals surface area contributed by atoms with E-state index < -0.39 is 0 Å². The Hall–Kier alpha value is -0.820. The van der Waals surface area contributed by atoms with Gasteiger partial charge in [-0.25, -0.2) is 4.98 Å². The first kappa shape index (κ1) is 10.7. The third kappa shape index (κ3) is 2.07. The van der Waals surface area contributed by atoms with Crippen LogP contribution in [0.5, 0.6) is 0 Å². The molecule has 0 amide bonds. The minimum atomic E-state index is 0.298. The van der Waals surface area contributed by atoms with Crippen LogP contribution in [-0.2, 0) is 6.42 Å². The van der Waals surface area contributed by atoms with E-state index in [2.05, 4.69) is 37.9 Å². The maximum atomic E-state index is 5.93. The number of halogens is 1. The van der Waals surface area contributed by atoms with Crippen LogP contribution in [0.25, 0.3) is 5.57 Å². The molecule has 0 radical (unpaired) electrons. The van der Waals surface area contributed by atoms with Crippen molar-refractivity contribution in [2.75, 3.05) is 0 Å². The first-order chi connectivity index (χ1) is 7.02. The largest absolute Gasteiger partial charge is 0.241 e. The minimum Gasteiger partial charge on any atom is -0.241 e. The number of hydrogen-bond acceptors (Lipinski definition) is 1. The molecule has 0 atom stereocenters. The highest BCUT2D eigenvalue weighted by atomic mass is 35.5. The van der Waals surface area contributed by atoms with Gasteiger partial charge in [0.05, 0.1) is 5.69 Å². The zero-order valence-corrected chi connectivity index (χ0v) is 10.2. The van der Waals surface area contributed by atoms with Gasteiger partial charge in [0.1, 0.15) is 5.15 Å². The van der Waals surface area contributed by atoms with Crippen molar-refractivity contribution < 1.29 is 0 Å². The SMILES string of the molecule is C/C=C1\CC(C)(C)Cc2nc(Cl)ccc21. The molecule has 0 aromatic carbocycles. The number of allylic oxidation sites excluding steroid dienone is 2. The number of hydrogen-bond donors (Lipinski definition) is 0. The quantitative estimate of drug-likeness (QED) is 0.601. The number of fused-ring (bicyclic) bond motifs is 1. The van der Waals surface area contributed by atoms with E-state index in [1.54, 1.807) is 0 Å². The first-order valence-electron chi connectivity index (χ1n) is 5.33. The predicted molar refractivity (Wildman–Crippen MR) is 65.0 cm³/mol. The van der Waals surface area contributed by atoms with Crippen LogP contribution in [0.2, 0.25) is 5.15 Å². The summed E-state index contributed by atoms with van der Waals surface area (Å²) >= 11 is 5.93. The Morgan fingerprint density at radius 2 is 2.07 bits per heavy atom. The van der Waals surface area contributed by atoms with Crippen LogP contribution in [0, 0.1) is 5.41 Å². The lowest BCUT2D eigenvalue weighted by atomic mass is 9.74. The predicted octanol–water partition coefficient (Wildman–Crippen LogP) is 4.11. The highest BCUT2D eigenvalue weighted by Crippen LogP contribution is 2.40. The van der Waals surface area contributed by atoms with E-state index in [-0.39, 0.29) is 0 Å². The molecule has 2 heteroatoms. The fraction of sp³-hybridized carbons (Fsp3) is 0.462. The van der Waals surface area contributed by atoms with Gasteiger partial charge < -0.3 is 0 Å². The Bertz CT molecular complexity index is 419. The Balaban J connectivity index is 2.54. The summed E-state index contributed by atoms with van der Waals surface area (Å²) in [4.78, 5) is 4.43. The molecule has 1 aliphatic carbocycles. The molecule has 0 bridgehead atoms.